The van der Waals surface area contributed by atoms with E-state index in [0.717, 1.165) is 17.1 Å². The summed E-state index contributed by atoms with van der Waals surface area (Å²) < 4.78 is 0. The normalized spacial score (nSPS) is 11.7. The van der Waals surface area contributed by atoms with Crippen molar-refractivity contribution in [3.8, 4) is 0 Å². The number of carbonyl (C=O) groups is 2. The number of likely N-dealkylation sites (N-methyl/N-ethyl adjacent to an activating group) is 1. The summed E-state index contributed by atoms with van der Waals surface area (Å²) in [6, 6.07) is 17.8. The van der Waals surface area contributed by atoms with Gasteiger partial charge in [-0.05, 0) is 25.0 Å². The molecule has 0 spiro atoms. The zero-order valence-corrected chi connectivity index (χ0v) is 17.1. The van der Waals surface area contributed by atoms with Crippen molar-refractivity contribution in [2.45, 2.75) is 38.6 Å². The molecule has 2 aromatic rings. The molecule has 0 unspecified atom stereocenters. The topological polar surface area (TPSA) is 49.4 Å². The van der Waals surface area contributed by atoms with Crippen molar-refractivity contribution in [1.29, 1.82) is 0 Å². The van der Waals surface area contributed by atoms with E-state index in [1.807, 2.05) is 49.4 Å². The van der Waals surface area contributed by atoms with Gasteiger partial charge in [0.05, 0.1) is 0 Å². The number of aryl methyl sites for hydroxylation is 1. The Bertz CT molecular complexity index is 732. The van der Waals surface area contributed by atoms with Crippen LogP contribution in [0.15, 0.2) is 54.6 Å². The number of hydrogen-bond donors (Lipinski definition) is 1. The molecule has 0 aliphatic heterocycles. The quantitative estimate of drug-likeness (QED) is 0.670. The Kier molecular flexibility index (Phi) is 8.40. The average Bonchev–Trinajstić information content (AvgIpc) is 2.70. The Morgan fingerprint density at radius 3 is 2.33 bits per heavy atom. The van der Waals surface area contributed by atoms with E-state index in [-0.39, 0.29) is 11.8 Å². The lowest BCUT2D eigenvalue weighted by Gasteiger charge is -2.28. The van der Waals surface area contributed by atoms with E-state index in [0.29, 0.717) is 13.0 Å². The van der Waals surface area contributed by atoms with Gasteiger partial charge in [0.1, 0.15) is 6.04 Å². The Balaban J connectivity index is 1.95. The third kappa shape index (κ3) is 6.75. The molecule has 0 heterocycles. The first-order chi connectivity index (χ1) is 13.0. The number of benzene rings is 2. The van der Waals surface area contributed by atoms with Gasteiger partial charge in [0.25, 0.3) is 0 Å². The van der Waals surface area contributed by atoms with Gasteiger partial charge in [-0.15, -0.1) is 0 Å². The minimum atomic E-state index is -0.497. The molecule has 0 aliphatic rings. The largest absolute Gasteiger partial charge is 0.357 e. The van der Waals surface area contributed by atoms with Crippen LogP contribution in [0.5, 0.6) is 0 Å². The van der Waals surface area contributed by atoms with Crippen LogP contribution in [0.2, 0.25) is 0 Å². The molecule has 0 fully saturated rings. The van der Waals surface area contributed by atoms with Crippen molar-refractivity contribution in [2.75, 3.05) is 12.8 Å². The first-order valence-electron chi connectivity index (χ1n) is 9.19. The third-order valence-corrected chi connectivity index (χ3v) is 5.49. The first-order valence-corrected chi connectivity index (χ1v) is 10.3. The molecule has 0 saturated heterocycles. The highest BCUT2D eigenvalue weighted by atomic mass is 32.2. The van der Waals surface area contributed by atoms with Crippen molar-refractivity contribution in [3.63, 3.8) is 0 Å². The van der Waals surface area contributed by atoms with E-state index in [1.165, 1.54) is 11.1 Å². The molecule has 0 radical (unpaired) electrons. The van der Waals surface area contributed by atoms with Gasteiger partial charge in [-0.3, -0.25) is 9.59 Å². The van der Waals surface area contributed by atoms with Gasteiger partial charge < -0.3 is 10.2 Å². The van der Waals surface area contributed by atoms with Crippen LogP contribution in [0.4, 0.5) is 0 Å². The molecule has 0 aromatic heterocycles. The molecule has 4 nitrogen and oxygen atoms in total. The number of nitrogens with zero attached hydrogens (tertiary/aromatic N) is 1. The Morgan fingerprint density at radius 1 is 1.04 bits per heavy atom. The molecule has 144 valence electrons. The molecular formula is C22H28N2O2S. The summed E-state index contributed by atoms with van der Waals surface area (Å²) in [7, 11) is 1.60. The van der Waals surface area contributed by atoms with Crippen molar-refractivity contribution in [3.05, 3.63) is 71.3 Å². The van der Waals surface area contributed by atoms with Gasteiger partial charge in [-0.2, -0.15) is 11.8 Å². The highest BCUT2D eigenvalue weighted by Gasteiger charge is 2.25. The zero-order valence-electron chi connectivity index (χ0n) is 16.3. The second kappa shape index (κ2) is 10.8. The van der Waals surface area contributed by atoms with Crippen LogP contribution in [-0.4, -0.2) is 35.6 Å². The second-order valence-corrected chi connectivity index (χ2v) is 7.69. The summed E-state index contributed by atoms with van der Waals surface area (Å²) in [6.45, 7) is 4.25. The Labute approximate surface area is 166 Å². The zero-order chi connectivity index (χ0) is 19.6. The molecule has 0 aliphatic carbocycles. The van der Waals surface area contributed by atoms with Crippen molar-refractivity contribution in [1.82, 2.24) is 10.2 Å². The predicted octanol–water partition coefficient (Wildman–Crippen LogP) is 3.78. The minimum Gasteiger partial charge on any atom is -0.357 e. The molecule has 0 bridgehead atoms. The number of thioether (sulfide) groups is 1. The van der Waals surface area contributed by atoms with Crippen molar-refractivity contribution in [2.24, 2.45) is 0 Å². The predicted molar refractivity (Wildman–Crippen MR) is 112 cm³/mol. The molecule has 5 heteroatoms. The molecule has 2 aromatic carbocycles. The second-order valence-electron chi connectivity index (χ2n) is 6.59. The summed E-state index contributed by atoms with van der Waals surface area (Å²) in [5.74, 6) is 1.48. The van der Waals surface area contributed by atoms with E-state index in [9.17, 15) is 9.59 Å². The van der Waals surface area contributed by atoms with Crippen LogP contribution in [0, 0.1) is 6.92 Å². The summed E-state index contributed by atoms with van der Waals surface area (Å²) >= 11 is 1.74. The van der Waals surface area contributed by atoms with Crippen LogP contribution in [0.25, 0.3) is 0 Å². The SMILES string of the molecule is CNC(=O)[C@@H](C)N(Cc1ccc(C)cc1)C(=O)CCSCc1ccccc1. The Morgan fingerprint density at radius 2 is 1.70 bits per heavy atom. The van der Waals surface area contributed by atoms with Gasteiger partial charge in [0, 0.05) is 31.5 Å². The maximum absolute atomic E-state index is 12.8. The first kappa shape index (κ1) is 21.0. The van der Waals surface area contributed by atoms with Gasteiger partial charge in [-0.25, -0.2) is 0 Å². The monoisotopic (exact) mass is 384 g/mol. The summed E-state index contributed by atoms with van der Waals surface area (Å²) in [5, 5.41) is 2.65. The number of hydrogen-bond acceptors (Lipinski definition) is 3. The van der Waals surface area contributed by atoms with Crippen molar-refractivity contribution < 1.29 is 9.59 Å². The molecule has 0 saturated carbocycles. The maximum Gasteiger partial charge on any atom is 0.242 e. The smallest absolute Gasteiger partial charge is 0.242 e. The van der Waals surface area contributed by atoms with Crippen LogP contribution < -0.4 is 5.32 Å². The van der Waals surface area contributed by atoms with Crippen LogP contribution in [0.1, 0.15) is 30.0 Å². The van der Waals surface area contributed by atoms with Crippen molar-refractivity contribution >= 4 is 23.6 Å². The average molecular weight is 385 g/mol. The van der Waals surface area contributed by atoms with Crippen LogP contribution in [0.3, 0.4) is 0 Å². The lowest BCUT2D eigenvalue weighted by Crippen LogP contribution is -2.46. The molecular weight excluding hydrogens is 356 g/mol. The highest BCUT2D eigenvalue weighted by Crippen LogP contribution is 2.16. The fourth-order valence-electron chi connectivity index (χ4n) is 2.75. The van der Waals surface area contributed by atoms with Gasteiger partial charge in [-0.1, -0.05) is 60.2 Å². The van der Waals surface area contributed by atoms with Crippen LogP contribution >= 0.6 is 11.8 Å². The lowest BCUT2D eigenvalue weighted by molar-refractivity contribution is -0.140. The third-order valence-electron chi connectivity index (χ3n) is 4.46. The molecule has 1 N–H and O–H groups in total. The lowest BCUT2D eigenvalue weighted by atomic mass is 10.1. The molecule has 2 amide bonds. The summed E-state index contributed by atoms with van der Waals surface area (Å²) in [4.78, 5) is 26.6. The minimum absolute atomic E-state index is 0.00670. The summed E-state index contributed by atoms with van der Waals surface area (Å²) in [6.07, 6.45) is 0.421. The van der Waals surface area contributed by atoms with Crippen LogP contribution in [-0.2, 0) is 21.9 Å². The van der Waals surface area contributed by atoms with E-state index >= 15 is 0 Å². The maximum atomic E-state index is 12.8. The van der Waals surface area contributed by atoms with E-state index in [2.05, 4.69) is 17.4 Å². The fraction of sp³-hybridized carbons (Fsp3) is 0.364. The van der Waals surface area contributed by atoms with Gasteiger partial charge in [0.15, 0.2) is 0 Å². The van der Waals surface area contributed by atoms with E-state index in [1.54, 1.807) is 30.6 Å². The Hall–Kier alpha value is -2.27. The van der Waals surface area contributed by atoms with Gasteiger partial charge >= 0.3 is 0 Å². The van der Waals surface area contributed by atoms with E-state index < -0.39 is 6.04 Å². The van der Waals surface area contributed by atoms with Gasteiger partial charge in [0.2, 0.25) is 11.8 Å². The number of carbonyl (C=O) groups excluding carboxylic acids is 2. The highest BCUT2D eigenvalue weighted by molar-refractivity contribution is 7.98. The standard InChI is InChI=1S/C22H28N2O2S/c1-17-9-11-19(12-10-17)15-24(18(2)22(26)23-3)21(25)13-14-27-16-20-7-5-4-6-8-20/h4-12,18H,13-16H2,1-3H3,(H,23,26)/t18-/m1/s1. The molecule has 1 atom stereocenters. The number of nitrogens with one attached hydrogen (secondary N) is 1. The number of amides is 2. The fourth-order valence-corrected chi connectivity index (χ4v) is 3.64. The molecule has 2 rings (SSSR count). The number of rotatable bonds is 9. The summed E-state index contributed by atoms with van der Waals surface area (Å²) in [5.41, 5.74) is 3.46. The van der Waals surface area contributed by atoms with E-state index in [4.69, 9.17) is 0 Å². The molecule has 27 heavy (non-hydrogen) atoms.